The summed E-state index contributed by atoms with van der Waals surface area (Å²) in [4.78, 5) is 0. The van der Waals surface area contributed by atoms with Gasteiger partial charge in [-0.1, -0.05) is 31.0 Å². The predicted octanol–water partition coefficient (Wildman–Crippen LogP) is 4.77. The summed E-state index contributed by atoms with van der Waals surface area (Å²) in [7, 11) is 0. The van der Waals surface area contributed by atoms with Crippen LogP contribution in [-0.4, -0.2) is 6.54 Å². The molecule has 1 aliphatic rings. The molecule has 0 spiro atoms. The highest BCUT2D eigenvalue weighted by Crippen LogP contribution is 2.43. The third-order valence-electron chi connectivity index (χ3n) is 3.98. The van der Waals surface area contributed by atoms with Crippen molar-refractivity contribution in [3.8, 4) is 0 Å². The van der Waals surface area contributed by atoms with E-state index in [-0.39, 0.29) is 0 Å². The summed E-state index contributed by atoms with van der Waals surface area (Å²) in [6.07, 6.45) is 5.48. The van der Waals surface area contributed by atoms with E-state index in [0.717, 1.165) is 22.6 Å². The number of hydrogen-bond donors (Lipinski definition) is 1. The number of hydrogen-bond acceptors (Lipinski definition) is 1. The molecule has 1 nitrogen and oxygen atoms in total. The third-order valence-corrected chi connectivity index (χ3v) is 5.19. The molecular formula is C14H19BrClN. The zero-order valence-electron chi connectivity index (χ0n) is 10.2. The fourth-order valence-corrected chi connectivity index (χ4v) is 3.00. The van der Waals surface area contributed by atoms with Gasteiger partial charge in [0.1, 0.15) is 0 Å². The van der Waals surface area contributed by atoms with Crippen LogP contribution in [-0.2, 0) is 6.54 Å². The van der Waals surface area contributed by atoms with E-state index in [1.807, 2.05) is 6.07 Å². The third kappa shape index (κ3) is 3.24. The standard InChI is InChI=1S/C14H19BrClN/c1-2-14(6-3-7-14)10-17-9-11-4-5-13(16)12(15)8-11/h4-5,8,17H,2-3,6-7,9-10H2,1H3. The number of halogens is 2. The largest absolute Gasteiger partial charge is 0.312 e. The van der Waals surface area contributed by atoms with Crippen molar-refractivity contribution in [2.24, 2.45) is 5.41 Å². The average molecular weight is 317 g/mol. The van der Waals surface area contributed by atoms with Gasteiger partial charge in [0.15, 0.2) is 0 Å². The van der Waals surface area contributed by atoms with Gasteiger partial charge in [-0.2, -0.15) is 0 Å². The second kappa shape index (κ2) is 5.73. The highest BCUT2D eigenvalue weighted by Gasteiger charge is 2.34. The molecule has 2 rings (SSSR count). The molecule has 1 aromatic rings. The van der Waals surface area contributed by atoms with Gasteiger partial charge in [0.25, 0.3) is 0 Å². The van der Waals surface area contributed by atoms with E-state index >= 15 is 0 Å². The first kappa shape index (κ1) is 13.4. The van der Waals surface area contributed by atoms with E-state index in [4.69, 9.17) is 11.6 Å². The van der Waals surface area contributed by atoms with E-state index < -0.39 is 0 Å². The van der Waals surface area contributed by atoms with E-state index in [2.05, 4.69) is 40.3 Å². The SMILES string of the molecule is CCC1(CNCc2ccc(Cl)c(Br)c2)CCC1. The first-order valence-corrected chi connectivity index (χ1v) is 7.47. The second-order valence-electron chi connectivity index (χ2n) is 5.06. The molecule has 1 N–H and O–H groups in total. The first-order chi connectivity index (χ1) is 8.15. The molecule has 3 heteroatoms. The fourth-order valence-electron chi connectivity index (χ4n) is 2.45. The molecule has 94 valence electrons. The number of nitrogens with one attached hydrogen (secondary N) is 1. The summed E-state index contributed by atoms with van der Waals surface area (Å²) in [5, 5.41) is 4.35. The van der Waals surface area contributed by atoms with Gasteiger partial charge in [-0.15, -0.1) is 0 Å². The fraction of sp³-hybridized carbons (Fsp3) is 0.571. The Balaban J connectivity index is 1.83. The lowest BCUT2D eigenvalue weighted by molar-refractivity contribution is 0.124. The molecule has 0 unspecified atom stereocenters. The van der Waals surface area contributed by atoms with Crippen LogP contribution in [0.1, 0.15) is 38.2 Å². The van der Waals surface area contributed by atoms with Gasteiger partial charge < -0.3 is 5.32 Å². The van der Waals surface area contributed by atoms with Crippen LogP contribution in [0.15, 0.2) is 22.7 Å². The van der Waals surface area contributed by atoms with Crippen molar-refractivity contribution in [2.45, 2.75) is 39.2 Å². The van der Waals surface area contributed by atoms with Crippen LogP contribution in [0.5, 0.6) is 0 Å². The Labute approximate surface area is 117 Å². The molecule has 17 heavy (non-hydrogen) atoms. The molecule has 1 saturated carbocycles. The van der Waals surface area contributed by atoms with Gasteiger partial charge in [-0.25, -0.2) is 0 Å². The first-order valence-electron chi connectivity index (χ1n) is 6.30. The minimum Gasteiger partial charge on any atom is -0.312 e. The Bertz CT molecular complexity index is 382. The molecule has 0 amide bonds. The molecule has 0 bridgehead atoms. The van der Waals surface area contributed by atoms with E-state index in [0.29, 0.717) is 5.41 Å². The molecule has 0 saturated heterocycles. The molecule has 1 fully saturated rings. The van der Waals surface area contributed by atoms with Crippen LogP contribution in [0.4, 0.5) is 0 Å². The monoisotopic (exact) mass is 315 g/mol. The van der Waals surface area contributed by atoms with Crippen molar-refractivity contribution >= 4 is 27.5 Å². The molecule has 1 aliphatic carbocycles. The van der Waals surface area contributed by atoms with Gasteiger partial charge in [0.05, 0.1) is 5.02 Å². The Morgan fingerprint density at radius 1 is 1.41 bits per heavy atom. The van der Waals surface area contributed by atoms with Gasteiger partial charge in [0, 0.05) is 17.6 Å². The highest BCUT2D eigenvalue weighted by molar-refractivity contribution is 9.10. The zero-order valence-corrected chi connectivity index (χ0v) is 12.6. The zero-order chi connectivity index (χ0) is 12.3. The van der Waals surface area contributed by atoms with Crippen molar-refractivity contribution in [3.63, 3.8) is 0 Å². The molecule has 0 aliphatic heterocycles. The molecule has 0 radical (unpaired) electrons. The summed E-state index contributed by atoms with van der Waals surface area (Å²) in [5.74, 6) is 0. The maximum atomic E-state index is 5.97. The topological polar surface area (TPSA) is 12.0 Å². The van der Waals surface area contributed by atoms with Crippen LogP contribution in [0.25, 0.3) is 0 Å². The number of rotatable bonds is 5. The normalized spacial score (nSPS) is 17.8. The lowest BCUT2D eigenvalue weighted by Crippen LogP contribution is -2.39. The minimum atomic E-state index is 0.587. The number of benzene rings is 1. The lowest BCUT2D eigenvalue weighted by Gasteiger charge is -2.41. The molecule has 0 heterocycles. The van der Waals surface area contributed by atoms with Crippen molar-refractivity contribution in [3.05, 3.63) is 33.3 Å². The molecule has 0 aromatic heterocycles. The molecule has 1 aromatic carbocycles. The summed E-state index contributed by atoms with van der Waals surface area (Å²) >= 11 is 9.43. The van der Waals surface area contributed by atoms with Crippen LogP contribution >= 0.6 is 27.5 Å². The maximum Gasteiger partial charge on any atom is 0.0548 e. The minimum absolute atomic E-state index is 0.587. The van der Waals surface area contributed by atoms with Gasteiger partial charge in [-0.05, 0) is 58.3 Å². The Morgan fingerprint density at radius 2 is 2.18 bits per heavy atom. The summed E-state index contributed by atoms with van der Waals surface area (Å²) < 4.78 is 0.979. The molecule has 0 atom stereocenters. The molecular weight excluding hydrogens is 298 g/mol. The van der Waals surface area contributed by atoms with E-state index in [1.54, 1.807) is 0 Å². The maximum absolute atomic E-state index is 5.97. The quantitative estimate of drug-likeness (QED) is 0.825. The van der Waals surface area contributed by atoms with Gasteiger partial charge >= 0.3 is 0 Å². The Morgan fingerprint density at radius 3 is 2.71 bits per heavy atom. The van der Waals surface area contributed by atoms with Crippen molar-refractivity contribution in [2.75, 3.05) is 6.54 Å². The lowest BCUT2D eigenvalue weighted by atomic mass is 9.67. The van der Waals surface area contributed by atoms with E-state index in [9.17, 15) is 0 Å². The van der Waals surface area contributed by atoms with Crippen LogP contribution in [0.3, 0.4) is 0 Å². The summed E-state index contributed by atoms with van der Waals surface area (Å²) in [6, 6.07) is 6.12. The van der Waals surface area contributed by atoms with Crippen LogP contribution in [0, 0.1) is 5.41 Å². The second-order valence-corrected chi connectivity index (χ2v) is 6.32. The summed E-state index contributed by atoms with van der Waals surface area (Å²) in [6.45, 7) is 4.38. The van der Waals surface area contributed by atoms with Gasteiger partial charge in [0.2, 0.25) is 0 Å². The van der Waals surface area contributed by atoms with Gasteiger partial charge in [-0.3, -0.25) is 0 Å². The average Bonchev–Trinajstić information content (AvgIpc) is 2.27. The van der Waals surface area contributed by atoms with Crippen molar-refractivity contribution in [1.82, 2.24) is 5.32 Å². The highest BCUT2D eigenvalue weighted by atomic mass is 79.9. The van der Waals surface area contributed by atoms with Crippen molar-refractivity contribution < 1.29 is 0 Å². The van der Waals surface area contributed by atoms with Crippen LogP contribution < -0.4 is 5.32 Å². The van der Waals surface area contributed by atoms with Crippen LogP contribution in [0.2, 0.25) is 5.02 Å². The van der Waals surface area contributed by atoms with Crippen molar-refractivity contribution in [1.29, 1.82) is 0 Å². The Hall–Kier alpha value is -0.0500. The predicted molar refractivity (Wildman–Crippen MR) is 77.4 cm³/mol. The summed E-state index contributed by atoms with van der Waals surface area (Å²) in [5.41, 5.74) is 1.87. The smallest absolute Gasteiger partial charge is 0.0548 e. The Kier molecular flexibility index (Phi) is 4.51. The van der Waals surface area contributed by atoms with E-state index in [1.165, 1.54) is 31.2 Å².